The molecular weight excluding hydrogens is 232 g/mol. The maximum absolute atomic E-state index is 3.66. The lowest BCUT2D eigenvalue weighted by atomic mass is 9.72. The van der Waals surface area contributed by atoms with E-state index in [0.29, 0.717) is 6.04 Å². The van der Waals surface area contributed by atoms with Crippen LogP contribution in [-0.2, 0) is 0 Å². The molecule has 19 heavy (non-hydrogen) atoms. The Kier molecular flexibility index (Phi) is 4.48. The number of nitrogens with zero attached hydrogens (tertiary/aromatic N) is 1. The first-order chi connectivity index (χ1) is 9.25. The molecular formula is C17H32N2. The highest BCUT2D eigenvalue weighted by atomic mass is 15.2. The fraction of sp³-hybridized carbons (Fsp3) is 1.00. The molecule has 2 nitrogen and oxygen atoms in total. The lowest BCUT2D eigenvalue weighted by Gasteiger charge is -2.53. The summed E-state index contributed by atoms with van der Waals surface area (Å²) >= 11 is 0. The maximum Gasteiger partial charge on any atom is 0.0139 e. The Hall–Kier alpha value is -0.0800. The van der Waals surface area contributed by atoms with Crippen LogP contribution in [0.3, 0.4) is 0 Å². The van der Waals surface area contributed by atoms with Crippen molar-refractivity contribution in [2.45, 2.75) is 83.3 Å². The van der Waals surface area contributed by atoms with Gasteiger partial charge in [0.25, 0.3) is 0 Å². The van der Waals surface area contributed by atoms with Gasteiger partial charge in [-0.3, -0.25) is 4.90 Å². The van der Waals surface area contributed by atoms with Crippen molar-refractivity contribution in [3.63, 3.8) is 0 Å². The number of nitrogens with one attached hydrogen (secondary N) is 1. The van der Waals surface area contributed by atoms with Crippen molar-refractivity contribution in [1.82, 2.24) is 10.2 Å². The van der Waals surface area contributed by atoms with Crippen molar-refractivity contribution < 1.29 is 0 Å². The maximum atomic E-state index is 3.66. The van der Waals surface area contributed by atoms with Crippen molar-refractivity contribution in [3.05, 3.63) is 0 Å². The summed E-state index contributed by atoms with van der Waals surface area (Å²) in [5, 5.41) is 3.66. The van der Waals surface area contributed by atoms with Crippen LogP contribution in [0, 0.1) is 11.8 Å². The molecule has 0 aromatic carbocycles. The van der Waals surface area contributed by atoms with Crippen LogP contribution in [0.4, 0.5) is 0 Å². The van der Waals surface area contributed by atoms with Gasteiger partial charge in [0, 0.05) is 18.1 Å². The van der Waals surface area contributed by atoms with Crippen LogP contribution in [0.5, 0.6) is 0 Å². The van der Waals surface area contributed by atoms with Crippen molar-refractivity contribution in [1.29, 1.82) is 0 Å². The number of hydrogen-bond acceptors (Lipinski definition) is 2. The minimum absolute atomic E-state index is 0.644. The van der Waals surface area contributed by atoms with Gasteiger partial charge in [0.15, 0.2) is 0 Å². The lowest BCUT2D eigenvalue weighted by Crippen LogP contribution is -2.58. The molecule has 3 fully saturated rings. The summed E-state index contributed by atoms with van der Waals surface area (Å²) in [7, 11) is 0. The van der Waals surface area contributed by atoms with E-state index in [1.165, 1.54) is 64.5 Å². The predicted molar refractivity (Wildman–Crippen MR) is 81.3 cm³/mol. The van der Waals surface area contributed by atoms with Crippen LogP contribution in [-0.4, -0.2) is 36.1 Å². The molecule has 1 aliphatic heterocycles. The third kappa shape index (κ3) is 3.00. The summed E-state index contributed by atoms with van der Waals surface area (Å²) in [5.74, 6) is 1.98. The topological polar surface area (TPSA) is 15.3 Å². The molecule has 0 bridgehead atoms. The van der Waals surface area contributed by atoms with Gasteiger partial charge in [0.05, 0.1) is 0 Å². The zero-order chi connectivity index (χ0) is 13.2. The number of piperidine rings is 1. The molecule has 2 aliphatic carbocycles. The Morgan fingerprint density at radius 1 is 0.947 bits per heavy atom. The van der Waals surface area contributed by atoms with Gasteiger partial charge in [-0.05, 0) is 63.5 Å². The molecule has 1 saturated heterocycles. The second kappa shape index (κ2) is 6.13. The van der Waals surface area contributed by atoms with Crippen LogP contribution in [0.25, 0.3) is 0 Å². The zero-order valence-electron chi connectivity index (χ0n) is 12.9. The van der Waals surface area contributed by atoms with E-state index in [1.54, 1.807) is 0 Å². The van der Waals surface area contributed by atoms with E-state index in [1.807, 2.05) is 0 Å². The Bertz CT molecular complexity index is 287. The van der Waals surface area contributed by atoms with Gasteiger partial charge in [0.1, 0.15) is 0 Å². The molecule has 4 unspecified atom stereocenters. The van der Waals surface area contributed by atoms with Gasteiger partial charge in [0.2, 0.25) is 0 Å². The molecule has 2 heteroatoms. The summed E-state index contributed by atoms with van der Waals surface area (Å²) in [5.41, 5.74) is 0. The van der Waals surface area contributed by atoms with Crippen LogP contribution >= 0.6 is 0 Å². The van der Waals surface area contributed by atoms with E-state index in [2.05, 4.69) is 24.1 Å². The molecule has 110 valence electrons. The lowest BCUT2D eigenvalue weighted by molar-refractivity contribution is -0.0321. The summed E-state index contributed by atoms with van der Waals surface area (Å²) in [6.07, 6.45) is 11.9. The zero-order valence-corrected chi connectivity index (χ0v) is 12.9. The van der Waals surface area contributed by atoms with Crippen molar-refractivity contribution in [3.8, 4) is 0 Å². The first kappa shape index (κ1) is 13.9. The smallest absolute Gasteiger partial charge is 0.0139 e. The molecule has 0 aromatic rings. The summed E-state index contributed by atoms with van der Waals surface area (Å²) < 4.78 is 0. The molecule has 3 aliphatic rings. The summed E-state index contributed by atoms with van der Waals surface area (Å²) in [6.45, 7) is 7.18. The second-order valence-corrected chi connectivity index (χ2v) is 7.46. The van der Waals surface area contributed by atoms with Gasteiger partial charge >= 0.3 is 0 Å². The minimum Gasteiger partial charge on any atom is -0.314 e. The third-order valence-electron chi connectivity index (χ3n) is 5.88. The molecule has 0 aromatic heterocycles. The van der Waals surface area contributed by atoms with Crippen LogP contribution in [0.1, 0.15) is 65.2 Å². The normalized spacial score (nSPS) is 39.9. The second-order valence-electron chi connectivity index (χ2n) is 7.46. The quantitative estimate of drug-likeness (QED) is 0.837. The monoisotopic (exact) mass is 264 g/mol. The molecule has 2 saturated carbocycles. The minimum atomic E-state index is 0.644. The van der Waals surface area contributed by atoms with Crippen molar-refractivity contribution in [2.75, 3.05) is 13.1 Å². The average molecular weight is 264 g/mol. The SMILES string of the molecule is CC(C)NCC1CCC1N1CCCC2CCCCC21. The standard InChI is InChI=1S/C17H32N2/c1-13(2)18-12-15-9-10-17(15)19-11-5-7-14-6-3-4-8-16(14)19/h13-18H,3-12H2,1-2H3. The van der Waals surface area contributed by atoms with Gasteiger partial charge in [-0.15, -0.1) is 0 Å². The average Bonchev–Trinajstić information content (AvgIpc) is 2.38. The molecule has 1 heterocycles. The fourth-order valence-electron chi connectivity index (χ4n) is 4.69. The number of fused-ring (bicyclic) bond motifs is 1. The molecule has 0 radical (unpaired) electrons. The van der Waals surface area contributed by atoms with Crippen LogP contribution in [0.2, 0.25) is 0 Å². The fourth-order valence-corrected chi connectivity index (χ4v) is 4.69. The highest BCUT2D eigenvalue weighted by Crippen LogP contribution is 2.41. The molecule has 0 amide bonds. The van der Waals surface area contributed by atoms with Crippen LogP contribution in [0.15, 0.2) is 0 Å². The van der Waals surface area contributed by atoms with E-state index in [-0.39, 0.29) is 0 Å². The first-order valence-electron chi connectivity index (χ1n) is 8.75. The van der Waals surface area contributed by atoms with Gasteiger partial charge in [-0.1, -0.05) is 26.7 Å². The van der Waals surface area contributed by atoms with Gasteiger partial charge < -0.3 is 5.32 Å². The van der Waals surface area contributed by atoms with Gasteiger partial charge in [-0.25, -0.2) is 0 Å². The summed E-state index contributed by atoms with van der Waals surface area (Å²) in [4.78, 5) is 2.95. The largest absolute Gasteiger partial charge is 0.314 e. The van der Waals surface area contributed by atoms with E-state index in [0.717, 1.165) is 23.9 Å². The third-order valence-corrected chi connectivity index (χ3v) is 5.88. The van der Waals surface area contributed by atoms with Gasteiger partial charge in [-0.2, -0.15) is 0 Å². The molecule has 3 rings (SSSR count). The Balaban J connectivity index is 1.57. The van der Waals surface area contributed by atoms with E-state index < -0.39 is 0 Å². The highest BCUT2D eigenvalue weighted by molar-refractivity contribution is 4.97. The van der Waals surface area contributed by atoms with Crippen molar-refractivity contribution >= 4 is 0 Å². The van der Waals surface area contributed by atoms with Crippen molar-refractivity contribution in [2.24, 2.45) is 11.8 Å². The number of rotatable bonds is 4. The number of likely N-dealkylation sites (tertiary alicyclic amines) is 1. The van der Waals surface area contributed by atoms with E-state index in [9.17, 15) is 0 Å². The van der Waals surface area contributed by atoms with E-state index in [4.69, 9.17) is 0 Å². The molecule has 0 spiro atoms. The van der Waals surface area contributed by atoms with Crippen LogP contribution < -0.4 is 5.32 Å². The highest BCUT2D eigenvalue weighted by Gasteiger charge is 2.42. The Morgan fingerprint density at radius 3 is 2.47 bits per heavy atom. The molecule has 4 atom stereocenters. The first-order valence-corrected chi connectivity index (χ1v) is 8.75. The summed E-state index contributed by atoms with van der Waals surface area (Å²) in [6, 6.07) is 2.51. The predicted octanol–water partition coefficient (Wildman–Crippen LogP) is 3.42. The molecule has 1 N–H and O–H groups in total. The Labute approximate surface area is 119 Å². The van der Waals surface area contributed by atoms with E-state index >= 15 is 0 Å². The Morgan fingerprint density at radius 2 is 1.74 bits per heavy atom. The number of hydrogen-bond donors (Lipinski definition) is 1.